The molecule has 2 rings (SSSR count). The molecule has 94 valence electrons. The minimum Gasteiger partial charge on any atom is -0.297 e. The maximum atomic E-state index is 12.8. The van der Waals surface area contributed by atoms with Crippen molar-refractivity contribution in [1.29, 1.82) is 0 Å². The molecule has 1 N–H and O–H groups in total. The van der Waals surface area contributed by atoms with Crippen LogP contribution in [0.1, 0.15) is 19.9 Å². The topological polar surface area (TPSA) is 54.9 Å². The molecular weight excluding hydrogens is 235 g/mol. The first kappa shape index (κ1) is 12.3. The van der Waals surface area contributed by atoms with Crippen molar-refractivity contribution >= 4 is 0 Å². The van der Waals surface area contributed by atoms with E-state index in [2.05, 4.69) is 4.98 Å². The van der Waals surface area contributed by atoms with Crippen LogP contribution in [0, 0.1) is 5.82 Å². The Morgan fingerprint density at radius 2 is 1.78 bits per heavy atom. The van der Waals surface area contributed by atoms with E-state index in [0.717, 1.165) is 0 Å². The van der Waals surface area contributed by atoms with Gasteiger partial charge in [-0.3, -0.25) is 14.3 Å². The molecule has 2 aromatic rings. The van der Waals surface area contributed by atoms with Crippen LogP contribution in [0.5, 0.6) is 0 Å². The highest BCUT2D eigenvalue weighted by atomic mass is 19.1. The van der Waals surface area contributed by atoms with E-state index in [0.29, 0.717) is 11.1 Å². The number of benzene rings is 1. The first-order chi connectivity index (χ1) is 8.49. The molecule has 0 unspecified atom stereocenters. The molecule has 0 radical (unpaired) electrons. The summed E-state index contributed by atoms with van der Waals surface area (Å²) in [4.78, 5) is 25.6. The third-order valence-electron chi connectivity index (χ3n) is 2.68. The van der Waals surface area contributed by atoms with E-state index in [1.54, 1.807) is 0 Å². The molecule has 0 spiro atoms. The number of aromatic amines is 1. The third kappa shape index (κ3) is 2.25. The molecule has 18 heavy (non-hydrogen) atoms. The summed E-state index contributed by atoms with van der Waals surface area (Å²) in [5.41, 5.74) is 0.0136. The van der Waals surface area contributed by atoms with Gasteiger partial charge in [0.25, 0.3) is 5.56 Å². The summed E-state index contributed by atoms with van der Waals surface area (Å²) < 4.78 is 14.3. The van der Waals surface area contributed by atoms with Crippen LogP contribution in [0.2, 0.25) is 0 Å². The number of rotatable bonds is 2. The number of hydrogen-bond acceptors (Lipinski definition) is 2. The first-order valence-electron chi connectivity index (χ1n) is 5.60. The minimum absolute atomic E-state index is 0.0615. The van der Waals surface area contributed by atoms with Crippen LogP contribution in [0.4, 0.5) is 4.39 Å². The molecular formula is C13H13FN2O2. The van der Waals surface area contributed by atoms with Gasteiger partial charge < -0.3 is 0 Å². The summed E-state index contributed by atoms with van der Waals surface area (Å²) in [5, 5.41) is 0. The van der Waals surface area contributed by atoms with Crippen molar-refractivity contribution in [3.63, 3.8) is 0 Å². The molecule has 0 aliphatic carbocycles. The summed E-state index contributed by atoms with van der Waals surface area (Å²) in [6, 6.07) is 5.51. The third-order valence-corrected chi connectivity index (χ3v) is 2.68. The lowest BCUT2D eigenvalue weighted by Gasteiger charge is -2.10. The van der Waals surface area contributed by atoms with Crippen molar-refractivity contribution in [2.75, 3.05) is 0 Å². The molecule has 0 fully saturated rings. The van der Waals surface area contributed by atoms with E-state index in [9.17, 15) is 14.0 Å². The molecule has 0 aliphatic heterocycles. The lowest BCUT2D eigenvalue weighted by Crippen LogP contribution is -2.31. The average molecular weight is 248 g/mol. The number of hydrogen-bond donors (Lipinski definition) is 1. The largest absolute Gasteiger partial charge is 0.328 e. The van der Waals surface area contributed by atoms with Crippen molar-refractivity contribution in [2.24, 2.45) is 0 Å². The molecule has 0 atom stereocenters. The standard InChI is InChI=1S/C13H13FN2O2/c1-8(2)16-7-11(12(17)15-13(16)18)9-3-5-10(14)6-4-9/h3-8H,1-2H3,(H,15,17,18). The van der Waals surface area contributed by atoms with Gasteiger partial charge in [0.05, 0.1) is 5.56 Å². The molecule has 0 aliphatic rings. The normalized spacial score (nSPS) is 10.9. The van der Waals surface area contributed by atoms with Crippen LogP contribution in [-0.2, 0) is 0 Å². The Labute approximate surface area is 103 Å². The van der Waals surface area contributed by atoms with Crippen LogP contribution in [0.25, 0.3) is 11.1 Å². The molecule has 4 nitrogen and oxygen atoms in total. The SMILES string of the molecule is CC(C)n1cc(-c2ccc(F)cc2)c(=O)[nH]c1=O. The average Bonchev–Trinajstić information content (AvgIpc) is 2.30. The van der Waals surface area contributed by atoms with E-state index < -0.39 is 11.2 Å². The van der Waals surface area contributed by atoms with Crippen molar-refractivity contribution in [2.45, 2.75) is 19.9 Å². The Morgan fingerprint density at radius 1 is 1.17 bits per heavy atom. The van der Waals surface area contributed by atoms with Gasteiger partial charge in [-0.05, 0) is 31.5 Å². The van der Waals surface area contributed by atoms with E-state index in [-0.39, 0.29) is 11.9 Å². The van der Waals surface area contributed by atoms with Crippen molar-refractivity contribution in [3.05, 3.63) is 57.1 Å². The highest BCUT2D eigenvalue weighted by molar-refractivity contribution is 5.61. The molecule has 0 bridgehead atoms. The zero-order valence-corrected chi connectivity index (χ0v) is 10.1. The maximum absolute atomic E-state index is 12.8. The molecule has 1 aromatic carbocycles. The van der Waals surface area contributed by atoms with E-state index >= 15 is 0 Å². The van der Waals surface area contributed by atoms with Gasteiger partial charge in [0.2, 0.25) is 0 Å². The van der Waals surface area contributed by atoms with Crippen LogP contribution in [0.15, 0.2) is 40.1 Å². The van der Waals surface area contributed by atoms with Gasteiger partial charge in [0.15, 0.2) is 0 Å². The zero-order chi connectivity index (χ0) is 13.3. The molecule has 5 heteroatoms. The molecule has 1 heterocycles. The van der Waals surface area contributed by atoms with Crippen molar-refractivity contribution in [3.8, 4) is 11.1 Å². The Bertz CT molecular complexity index is 669. The number of nitrogens with zero attached hydrogens (tertiary/aromatic N) is 1. The number of halogens is 1. The summed E-state index contributed by atoms with van der Waals surface area (Å²) in [5.74, 6) is -0.368. The van der Waals surface area contributed by atoms with Gasteiger partial charge in [0.1, 0.15) is 5.82 Å². The van der Waals surface area contributed by atoms with Gasteiger partial charge in [-0.25, -0.2) is 9.18 Å². The fraction of sp³-hybridized carbons (Fsp3) is 0.231. The predicted octanol–water partition coefficient (Wildman–Crippen LogP) is 1.92. The number of nitrogens with one attached hydrogen (secondary N) is 1. The second kappa shape index (κ2) is 4.60. The summed E-state index contributed by atoms with van der Waals surface area (Å²) in [6.07, 6.45) is 1.50. The molecule has 0 saturated heterocycles. The van der Waals surface area contributed by atoms with E-state index in [1.165, 1.54) is 35.0 Å². The Kier molecular flexibility index (Phi) is 3.14. The Hall–Kier alpha value is -2.17. The highest BCUT2D eigenvalue weighted by Gasteiger charge is 2.09. The van der Waals surface area contributed by atoms with Crippen LogP contribution >= 0.6 is 0 Å². The quantitative estimate of drug-likeness (QED) is 0.882. The van der Waals surface area contributed by atoms with Gasteiger partial charge in [-0.15, -0.1) is 0 Å². The number of aromatic nitrogens is 2. The summed E-state index contributed by atoms with van der Waals surface area (Å²) in [7, 11) is 0. The van der Waals surface area contributed by atoms with Crippen LogP contribution in [-0.4, -0.2) is 9.55 Å². The van der Waals surface area contributed by atoms with Crippen LogP contribution in [0.3, 0.4) is 0 Å². The van der Waals surface area contributed by atoms with Gasteiger partial charge in [-0.2, -0.15) is 0 Å². The first-order valence-corrected chi connectivity index (χ1v) is 5.60. The minimum atomic E-state index is -0.469. The van der Waals surface area contributed by atoms with Crippen molar-refractivity contribution in [1.82, 2.24) is 9.55 Å². The fourth-order valence-corrected chi connectivity index (χ4v) is 1.70. The van der Waals surface area contributed by atoms with Crippen LogP contribution < -0.4 is 11.2 Å². The monoisotopic (exact) mass is 248 g/mol. The van der Waals surface area contributed by atoms with E-state index in [4.69, 9.17) is 0 Å². The maximum Gasteiger partial charge on any atom is 0.328 e. The second-order valence-electron chi connectivity index (χ2n) is 4.31. The summed E-state index contributed by atoms with van der Waals surface area (Å²) in [6.45, 7) is 3.68. The molecule has 0 saturated carbocycles. The van der Waals surface area contributed by atoms with Gasteiger partial charge in [0, 0.05) is 12.2 Å². The van der Waals surface area contributed by atoms with Gasteiger partial charge >= 0.3 is 5.69 Å². The lowest BCUT2D eigenvalue weighted by molar-refractivity contribution is 0.562. The summed E-state index contributed by atoms with van der Waals surface area (Å²) >= 11 is 0. The zero-order valence-electron chi connectivity index (χ0n) is 10.1. The fourth-order valence-electron chi connectivity index (χ4n) is 1.70. The Morgan fingerprint density at radius 3 is 2.33 bits per heavy atom. The molecule has 0 amide bonds. The second-order valence-corrected chi connectivity index (χ2v) is 4.31. The lowest BCUT2D eigenvalue weighted by atomic mass is 10.1. The van der Waals surface area contributed by atoms with Crippen molar-refractivity contribution < 1.29 is 4.39 Å². The van der Waals surface area contributed by atoms with Gasteiger partial charge in [-0.1, -0.05) is 12.1 Å². The number of H-pyrrole nitrogens is 1. The smallest absolute Gasteiger partial charge is 0.297 e. The Balaban J connectivity index is 2.64. The van der Waals surface area contributed by atoms with E-state index in [1.807, 2.05) is 13.8 Å². The predicted molar refractivity (Wildman–Crippen MR) is 67.1 cm³/mol. The molecule has 1 aromatic heterocycles. The highest BCUT2D eigenvalue weighted by Crippen LogP contribution is 2.15.